The van der Waals surface area contributed by atoms with Crippen LogP contribution in [0.5, 0.6) is 11.5 Å². The molecule has 0 radical (unpaired) electrons. The molecule has 1 atom stereocenters. The van der Waals surface area contributed by atoms with Gasteiger partial charge in [0, 0.05) is 25.8 Å². The number of rotatable bonds is 3. The van der Waals surface area contributed by atoms with Gasteiger partial charge in [-0.3, -0.25) is 0 Å². The number of hydrogen-bond acceptors (Lipinski definition) is 5. The number of hydrogen-bond donors (Lipinski definition) is 1. The zero-order valence-corrected chi connectivity index (χ0v) is 11.8. The van der Waals surface area contributed by atoms with Crippen molar-refractivity contribution in [2.45, 2.75) is 17.7 Å². The predicted molar refractivity (Wildman–Crippen MR) is 71.1 cm³/mol. The van der Waals surface area contributed by atoms with Crippen LogP contribution in [0.3, 0.4) is 0 Å². The van der Waals surface area contributed by atoms with E-state index >= 15 is 0 Å². The summed E-state index contributed by atoms with van der Waals surface area (Å²) in [5.74, 6) is 1.05. The average Bonchev–Trinajstić information content (AvgIpc) is 2.94. The molecule has 1 fully saturated rings. The molecule has 0 spiro atoms. The van der Waals surface area contributed by atoms with E-state index in [-0.39, 0.29) is 24.2 Å². The van der Waals surface area contributed by atoms with Crippen molar-refractivity contribution in [2.24, 2.45) is 5.92 Å². The maximum Gasteiger partial charge on any atom is 0.243 e. The Kier molecular flexibility index (Phi) is 3.57. The van der Waals surface area contributed by atoms with Crippen LogP contribution in [-0.4, -0.2) is 44.3 Å². The maximum absolute atomic E-state index is 12.6. The lowest BCUT2D eigenvalue weighted by Gasteiger charge is -2.30. The van der Waals surface area contributed by atoms with Gasteiger partial charge in [-0.2, -0.15) is 4.31 Å². The number of nitrogens with zero attached hydrogens (tertiary/aromatic N) is 1. The summed E-state index contributed by atoms with van der Waals surface area (Å²) in [6, 6.07) is 4.65. The smallest absolute Gasteiger partial charge is 0.243 e. The second-order valence-corrected chi connectivity index (χ2v) is 7.01. The van der Waals surface area contributed by atoms with Gasteiger partial charge in [0.25, 0.3) is 0 Å². The van der Waals surface area contributed by atoms with Crippen molar-refractivity contribution in [1.82, 2.24) is 4.31 Å². The Labute approximate surface area is 118 Å². The third kappa shape index (κ3) is 2.36. The van der Waals surface area contributed by atoms with E-state index in [4.69, 9.17) is 9.47 Å². The van der Waals surface area contributed by atoms with Gasteiger partial charge in [-0.25, -0.2) is 8.42 Å². The molecule has 3 rings (SSSR count). The fraction of sp³-hybridized carbons (Fsp3) is 0.538. The largest absolute Gasteiger partial charge is 0.454 e. The van der Waals surface area contributed by atoms with Crippen LogP contribution in [0, 0.1) is 5.92 Å². The number of aliphatic hydroxyl groups is 1. The maximum atomic E-state index is 12.6. The van der Waals surface area contributed by atoms with Gasteiger partial charge in [0.2, 0.25) is 16.8 Å². The van der Waals surface area contributed by atoms with Gasteiger partial charge in [-0.05, 0) is 30.9 Å². The van der Waals surface area contributed by atoms with Gasteiger partial charge < -0.3 is 14.6 Å². The quantitative estimate of drug-likeness (QED) is 0.894. The summed E-state index contributed by atoms with van der Waals surface area (Å²) >= 11 is 0. The number of benzene rings is 1. The molecule has 6 nitrogen and oxygen atoms in total. The fourth-order valence-electron chi connectivity index (χ4n) is 2.58. The van der Waals surface area contributed by atoms with Crippen LogP contribution < -0.4 is 9.47 Å². The van der Waals surface area contributed by atoms with Gasteiger partial charge >= 0.3 is 0 Å². The summed E-state index contributed by atoms with van der Waals surface area (Å²) in [6.45, 7) is 1.00. The van der Waals surface area contributed by atoms with Crippen molar-refractivity contribution in [1.29, 1.82) is 0 Å². The van der Waals surface area contributed by atoms with E-state index in [1.165, 1.54) is 16.4 Å². The molecule has 1 unspecified atom stereocenters. The number of piperidine rings is 1. The zero-order valence-electron chi connectivity index (χ0n) is 11.0. The first-order valence-electron chi connectivity index (χ1n) is 6.62. The van der Waals surface area contributed by atoms with Crippen molar-refractivity contribution in [3.8, 4) is 11.5 Å². The predicted octanol–water partition coefficient (Wildman–Crippen LogP) is 0.808. The molecule has 0 bridgehead atoms. The fourth-order valence-corrected chi connectivity index (χ4v) is 4.15. The molecule has 7 heteroatoms. The topological polar surface area (TPSA) is 76.1 Å². The van der Waals surface area contributed by atoms with Crippen LogP contribution in [0.4, 0.5) is 0 Å². The third-order valence-corrected chi connectivity index (χ3v) is 5.58. The Hall–Kier alpha value is -1.31. The number of aliphatic hydroxyl groups excluding tert-OH is 1. The van der Waals surface area contributed by atoms with Crippen LogP contribution in [0.15, 0.2) is 23.1 Å². The van der Waals surface area contributed by atoms with Gasteiger partial charge in [0.05, 0.1) is 4.90 Å². The van der Waals surface area contributed by atoms with Crippen molar-refractivity contribution < 1.29 is 23.0 Å². The Balaban J connectivity index is 1.87. The van der Waals surface area contributed by atoms with Gasteiger partial charge in [-0.15, -0.1) is 0 Å². The van der Waals surface area contributed by atoms with Crippen molar-refractivity contribution in [2.75, 3.05) is 26.5 Å². The molecule has 1 aromatic rings. The summed E-state index contributed by atoms with van der Waals surface area (Å²) in [4.78, 5) is 0.209. The van der Waals surface area contributed by atoms with E-state index in [2.05, 4.69) is 0 Å². The lowest BCUT2D eigenvalue weighted by Crippen LogP contribution is -2.40. The molecule has 20 heavy (non-hydrogen) atoms. The molecule has 0 aliphatic carbocycles. The summed E-state index contributed by atoms with van der Waals surface area (Å²) in [7, 11) is -3.54. The highest BCUT2D eigenvalue weighted by molar-refractivity contribution is 7.89. The van der Waals surface area contributed by atoms with Crippen molar-refractivity contribution in [3.05, 3.63) is 18.2 Å². The standard InChI is InChI=1S/C13H17NO5S/c15-8-10-2-1-5-14(7-10)20(16,17)11-3-4-12-13(6-11)19-9-18-12/h3-4,6,10,15H,1-2,5,7-9H2. The number of ether oxygens (including phenoxy) is 2. The zero-order chi connectivity index (χ0) is 14.2. The molecule has 2 aliphatic rings. The molecule has 2 aliphatic heterocycles. The molecule has 0 saturated carbocycles. The highest BCUT2D eigenvalue weighted by atomic mass is 32.2. The van der Waals surface area contributed by atoms with Crippen LogP contribution in [0.1, 0.15) is 12.8 Å². The molecule has 110 valence electrons. The summed E-state index contributed by atoms with van der Waals surface area (Å²) in [5, 5.41) is 9.21. The van der Waals surface area contributed by atoms with E-state index in [0.717, 1.165) is 12.8 Å². The third-order valence-electron chi connectivity index (χ3n) is 3.72. The first-order chi connectivity index (χ1) is 9.61. The summed E-state index contributed by atoms with van der Waals surface area (Å²) in [6.07, 6.45) is 1.64. The van der Waals surface area contributed by atoms with E-state index in [0.29, 0.717) is 24.6 Å². The Bertz CT molecular complexity index is 601. The highest BCUT2D eigenvalue weighted by Crippen LogP contribution is 2.35. The van der Waals surface area contributed by atoms with Gasteiger partial charge in [0.1, 0.15) is 0 Å². The van der Waals surface area contributed by atoms with E-state index in [1.807, 2.05) is 0 Å². The molecular weight excluding hydrogens is 282 g/mol. The van der Waals surface area contributed by atoms with Gasteiger partial charge in [0.15, 0.2) is 11.5 Å². The second kappa shape index (κ2) is 5.23. The first kappa shape index (κ1) is 13.7. The SMILES string of the molecule is O=S(=O)(c1ccc2c(c1)OCO2)N1CCCC(CO)C1. The lowest BCUT2D eigenvalue weighted by molar-refractivity contribution is 0.165. The first-order valence-corrected chi connectivity index (χ1v) is 8.06. The minimum absolute atomic E-state index is 0.0209. The second-order valence-electron chi connectivity index (χ2n) is 5.07. The van der Waals surface area contributed by atoms with Crippen LogP contribution in [-0.2, 0) is 10.0 Å². The minimum Gasteiger partial charge on any atom is -0.454 e. The molecular formula is C13H17NO5S. The summed E-state index contributed by atoms with van der Waals surface area (Å²) in [5.41, 5.74) is 0. The molecule has 0 amide bonds. The Morgan fingerprint density at radius 1 is 1.30 bits per heavy atom. The molecule has 1 N–H and O–H groups in total. The van der Waals surface area contributed by atoms with Crippen LogP contribution in [0.2, 0.25) is 0 Å². The molecule has 1 saturated heterocycles. The number of sulfonamides is 1. The van der Waals surface area contributed by atoms with E-state index < -0.39 is 10.0 Å². The van der Waals surface area contributed by atoms with Crippen molar-refractivity contribution in [3.63, 3.8) is 0 Å². The van der Waals surface area contributed by atoms with Crippen molar-refractivity contribution >= 4 is 10.0 Å². The average molecular weight is 299 g/mol. The number of fused-ring (bicyclic) bond motifs is 1. The Morgan fingerprint density at radius 2 is 2.10 bits per heavy atom. The van der Waals surface area contributed by atoms with E-state index in [9.17, 15) is 13.5 Å². The molecule has 1 aromatic carbocycles. The minimum atomic E-state index is -3.54. The van der Waals surface area contributed by atoms with Crippen LogP contribution in [0.25, 0.3) is 0 Å². The highest BCUT2D eigenvalue weighted by Gasteiger charge is 2.31. The Morgan fingerprint density at radius 3 is 2.90 bits per heavy atom. The monoisotopic (exact) mass is 299 g/mol. The lowest BCUT2D eigenvalue weighted by atomic mass is 10.0. The van der Waals surface area contributed by atoms with E-state index in [1.54, 1.807) is 6.07 Å². The van der Waals surface area contributed by atoms with Crippen LogP contribution >= 0.6 is 0 Å². The molecule has 0 aromatic heterocycles. The normalized spacial score (nSPS) is 22.9. The molecule has 2 heterocycles. The summed E-state index contributed by atoms with van der Waals surface area (Å²) < 4.78 is 37.0. The van der Waals surface area contributed by atoms with Gasteiger partial charge in [-0.1, -0.05) is 0 Å².